The van der Waals surface area contributed by atoms with Crippen molar-refractivity contribution in [3.63, 3.8) is 0 Å². The Balaban J connectivity index is 1.03. The summed E-state index contributed by atoms with van der Waals surface area (Å²) in [6, 6.07) is 78.0. The summed E-state index contributed by atoms with van der Waals surface area (Å²) in [5, 5.41) is 9.22. The van der Waals surface area contributed by atoms with Crippen molar-refractivity contribution in [2.45, 2.75) is 0 Å². The van der Waals surface area contributed by atoms with E-state index in [1.54, 1.807) is 0 Å². The van der Waals surface area contributed by atoms with E-state index in [1.807, 2.05) is 12.1 Å². The van der Waals surface area contributed by atoms with E-state index in [0.717, 1.165) is 105 Å². The molecule has 0 aliphatic carbocycles. The van der Waals surface area contributed by atoms with E-state index in [9.17, 15) is 0 Å². The van der Waals surface area contributed by atoms with E-state index in [-0.39, 0.29) is 0 Å². The van der Waals surface area contributed by atoms with Crippen molar-refractivity contribution in [2.75, 3.05) is 4.90 Å². The number of rotatable bonds is 6. The van der Waals surface area contributed by atoms with Gasteiger partial charge in [0.1, 0.15) is 22.3 Å². The van der Waals surface area contributed by atoms with Gasteiger partial charge in [-0.2, -0.15) is 0 Å². The summed E-state index contributed by atoms with van der Waals surface area (Å²) in [6.07, 6.45) is 0. The quantitative estimate of drug-likeness (QED) is 0.168. The zero-order valence-electron chi connectivity index (χ0n) is 33.5. The second-order valence-electron chi connectivity index (χ2n) is 16.0. The standard InChI is InChI=1S/C58H36N2O2/c1-2-17-44-37(14-1)32-35-48-57-43(22-13-29-55(57)62-58(44)48)39-15-11-16-41(36-39)59(40-33-30-38(31-34-40)42-21-12-28-54-56(42)47-20-5-10-27-53(47)61-54)51-25-8-9-26-52(51)60-49-23-6-3-18-45(49)46-19-4-7-24-50(46)60/h1-36H. The number of aromatic nitrogens is 1. The minimum Gasteiger partial charge on any atom is -0.456 e. The molecule has 3 aromatic heterocycles. The molecule has 0 saturated carbocycles. The van der Waals surface area contributed by atoms with E-state index in [2.05, 4.69) is 216 Å². The molecule has 0 bridgehead atoms. The molecule has 0 unspecified atom stereocenters. The van der Waals surface area contributed by atoms with Gasteiger partial charge in [0.05, 0.1) is 22.4 Å². The zero-order chi connectivity index (χ0) is 40.7. The largest absolute Gasteiger partial charge is 0.456 e. The Morgan fingerprint density at radius 3 is 1.74 bits per heavy atom. The fourth-order valence-electron chi connectivity index (χ4n) is 9.86. The highest BCUT2D eigenvalue weighted by atomic mass is 16.3. The summed E-state index contributed by atoms with van der Waals surface area (Å²) < 4.78 is 15.4. The molecule has 0 fully saturated rings. The third-order valence-corrected chi connectivity index (χ3v) is 12.6. The van der Waals surface area contributed by atoms with Crippen LogP contribution < -0.4 is 4.90 Å². The lowest BCUT2D eigenvalue weighted by Crippen LogP contribution is -2.13. The molecule has 4 nitrogen and oxygen atoms in total. The molecular formula is C58H36N2O2. The Hall–Kier alpha value is -8.34. The first kappa shape index (κ1) is 34.5. The van der Waals surface area contributed by atoms with Gasteiger partial charge in [-0.25, -0.2) is 0 Å². The third-order valence-electron chi connectivity index (χ3n) is 12.6. The highest BCUT2D eigenvalue weighted by Crippen LogP contribution is 2.45. The van der Waals surface area contributed by atoms with Gasteiger partial charge in [0.25, 0.3) is 0 Å². The fourth-order valence-corrected chi connectivity index (χ4v) is 9.86. The van der Waals surface area contributed by atoms with Crippen LogP contribution in [0.15, 0.2) is 227 Å². The second-order valence-corrected chi connectivity index (χ2v) is 16.0. The van der Waals surface area contributed by atoms with Gasteiger partial charge in [-0.05, 0) is 100 Å². The van der Waals surface area contributed by atoms with Crippen LogP contribution in [0.2, 0.25) is 0 Å². The zero-order valence-corrected chi connectivity index (χ0v) is 33.5. The van der Waals surface area contributed by atoms with Crippen molar-refractivity contribution >= 4 is 93.5 Å². The SMILES string of the molecule is c1cc(-c2cccc3oc4c5ccccc5ccc4c23)cc(N(c2ccc(-c3cccc4oc5ccccc5c34)cc2)c2ccccc2-n2c3ccccc3c3ccccc32)c1. The van der Waals surface area contributed by atoms with Gasteiger partial charge >= 0.3 is 0 Å². The number of anilines is 3. The van der Waals surface area contributed by atoms with Gasteiger partial charge in [0.15, 0.2) is 0 Å². The van der Waals surface area contributed by atoms with Gasteiger partial charge in [-0.3, -0.25) is 0 Å². The van der Waals surface area contributed by atoms with E-state index in [4.69, 9.17) is 8.83 Å². The number of fused-ring (bicyclic) bond motifs is 11. The lowest BCUT2D eigenvalue weighted by molar-refractivity contribution is 0.669. The molecule has 10 aromatic carbocycles. The molecule has 0 N–H and O–H groups in total. The third kappa shape index (κ3) is 5.20. The molecule has 4 heteroatoms. The second kappa shape index (κ2) is 13.6. The molecular weight excluding hydrogens is 757 g/mol. The Labute approximate surface area is 356 Å². The maximum Gasteiger partial charge on any atom is 0.143 e. The number of benzene rings is 10. The van der Waals surface area contributed by atoms with Crippen LogP contribution in [0, 0.1) is 0 Å². The van der Waals surface area contributed by atoms with Crippen LogP contribution in [-0.4, -0.2) is 4.57 Å². The van der Waals surface area contributed by atoms with Crippen molar-refractivity contribution in [1.82, 2.24) is 4.57 Å². The first-order valence-electron chi connectivity index (χ1n) is 21.1. The van der Waals surface area contributed by atoms with Crippen LogP contribution >= 0.6 is 0 Å². The highest BCUT2D eigenvalue weighted by molar-refractivity contribution is 6.19. The fraction of sp³-hybridized carbons (Fsp3) is 0. The lowest BCUT2D eigenvalue weighted by Gasteiger charge is -2.29. The van der Waals surface area contributed by atoms with Gasteiger partial charge in [0, 0.05) is 49.1 Å². The lowest BCUT2D eigenvalue weighted by atomic mass is 9.97. The average molecular weight is 793 g/mol. The molecule has 62 heavy (non-hydrogen) atoms. The first-order chi connectivity index (χ1) is 30.8. The molecule has 0 saturated heterocycles. The highest BCUT2D eigenvalue weighted by Gasteiger charge is 2.22. The topological polar surface area (TPSA) is 34.5 Å². The predicted octanol–water partition coefficient (Wildman–Crippen LogP) is 16.5. The van der Waals surface area contributed by atoms with Crippen LogP contribution in [0.3, 0.4) is 0 Å². The van der Waals surface area contributed by atoms with Crippen LogP contribution in [0.1, 0.15) is 0 Å². The van der Waals surface area contributed by atoms with Crippen molar-refractivity contribution in [3.05, 3.63) is 218 Å². The predicted molar refractivity (Wildman–Crippen MR) is 258 cm³/mol. The molecule has 0 atom stereocenters. The van der Waals surface area contributed by atoms with Crippen molar-refractivity contribution < 1.29 is 8.83 Å². The summed E-state index contributed by atoms with van der Waals surface area (Å²) in [5.74, 6) is 0. The molecule has 13 aromatic rings. The molecule has 0 spiro atoms. The van der Waals surface area contributed by atoms with Crippen molar-refractivity contribution in [1.29, 1.82) is 0 Å². The number of hydrogen-bond acceptors (Lipinski definition) is 3. The van der Waals surface area contributed by atoms with E-state index in [1.165, 1.54) is 16.2 Å². The molecule has 3 heterocycles. The minimum atomic E-state index is 0.879. The molecule has 0 aliphatic rings. The summed E-state index contributed by atoms with van der Waals surface area (Å²) in [4.78, 5) is 2.40. The number of hydrogen-bond donors (Lipinski definition) is 0. The Kier molecular flexibility index (Phi) is 7.57. The molecule has 0 amide bonds. The van der Waals surface area contributed by atoms with Gasteiger partial charge in [-0.1, -0.05) is 146 Å². The number of nitrogens with zero attached hydrogens (tertiary/aromatic N) is 2. The van der Waals surface area contributed by atoms with Crippen LogP contribution in [0.4, 0.5) is 17.1 Å². The number of para-hydroxylation sites is 5. The van der Waals surface area contributed by atoms with Crippen LogP contribution in [-0.2, 0) is 0 Å². The Bertz CT molecular complexity index is 3830. The Morgan fingerprint density at radius 1 is 0.355 bits per heavy atom. The van der Waals surface area contributed by atoms with Gasteiger partial charge in [0.2, 0.25) is 0 Å². The normalized spacial score (nSPS) is 11.9. The van der Waals surface area contributed by atoms with E-state index in [0.29, 0.717) is 0 Å². The minimum absolute atomic E-state index is 0.879. The molecule has 0 radical (unpaired) electrons. The number of furan rings is 2. The van der Waals surface area contributed by atoms with E-state index >= 15 is 0 Å². The summed E-state index contributed by atoms with van der Waals surface area (Å²) in [7, 11) is 0. The van der Waals surface area contributed by atoms with E-state index < -0.39 is 0 Å². The summed E-state index contributed by atoms with van der Waals surface area (Å²) in [6.45, 7) is 0. The molecule has 0 aliphatic heterocycles. The average Bonchev–Trinajstić information content (AvgIpc) is 4.02. The molecule has 290 valence electrons. The molecule has 13 rings (SSSR count). The van der Waals surface area contributed by atoms with Gasteiger partial charge in [-0.15, -0.1) is 0 Å². The summed E-state index contributed by atoms with van der Waals surface area (Å²) in [5.41, 5.74) is 14.7. The smallest absolute Gasteiger partial charge is 0.143 e. The summed E-state index contributed by atoms with van der Waals surface area (Å²) >= 11 is 0. The maximum atomic E-state index is 6.65. The Morgan fingerprint density at radius 2 is 0.952 bits per heavy atom. The van der Waals surface area contributed by atoms with Gasteiger partial charge < -0.3 is 18.3 Å². The first-order valence-corrected chi connectivity index (χ1v) is 21.1. The van der Waals surface area contributed by atoms with Crippen molar-refractivity contribution in [3.8, 4) is 27.9 Å². The van der Waals surface area contributed by atoms with Crippen LogP contribution in [0.25, 0.3) is 104 Å². The van der Waals surface area contributed by atoms with Crippen LogP contribution in [0.5, 0.6) is 0 Å². The van der Waals surface area contributed by atoms with Crippen molar-refractivity contribution in [2.24, 2.45) is 0 Å². The maximum absolute atomic E-state index is 6.65. The monoisotopic (exact) mass is 792 g/mol.